The number of carbonyl (C=O) groups excluding carboxylic acids is 2. The lowest BCUT2D eigenvalue weighted by Crippen LogP contribution is -2.38. The Morgan fingerprint density at radius 3 is 2.74 bits per heavy atom. The van der Waals surface area contributed by atoms with Crippen molar-refractivity contribution in [3.05, 3.63) is 82.5 Å². The van der Waals surface area contributed by atoms with Gasteiger partial charge in [0.1, 0.15) is 11.5 Å². The van der Waals surface area contributed by atoms with Crippen LogP contribution in [0.1, 0.15) is 44.7 Å². The van der Waals surface area contributed by atoms with Crippen LogP contribution in [0.15, 0.2) is 82.0 Å². The van der Waals surface area contributed by atoms with Crippen LogP contribution in [-0.4, -0.2) is 47.8 Å². The molecule has 1 N–H and O–H groups in total. The molecule has 2 aromatic carbocycles. The number of nitrogens with zero attached hydrogens (tertiary/aromatic N) is 2. The Balaban J connectivity index is 1.44. The Morgan fingerprint density at radius 1 is 1.16 bits per heavy atom. The molecule has 0 saturated carbocycles. The van der Waals surface area contributed by atoms with E-state index >= 15 is 0 Å². The topological polar surface area (TPSA) is 89.5 Å². The first-order valence-corrected chi connectivity index (χ1v) is 13.7. The first-order valence-electron chi connectivity index (χ1n) is 12.9. The molecule has 3 heterocycles. The van der Waals surface area contributed by atoms with E-state index in [4.69, 9.17) is 19.2 Å². The van der Waals surface area contributed by atoms with E-state index in [0.717, 1.165) is 35.9 Å². The van der Waals surface area contributed by atoms with Gasteiger partial charge in [0.25, 0.3) is 0 Å². The van der Waals surface area contributed by atoms with Crippen molar-refractivity contribution in [3.8, 4) is 11.5 Å². The van der Waals surface area contributed by atoms with E-state index < -0.39 is 12.0 Å². The molecule has 0 radical (unpaired) electrons. The third-order valence-electron chi connectivity index (χ3n) is 6.54. The molecule has 2 atom stereocenters. The number of carbonyl (C=O) groups is 2. The van der Waals surface area contributed by atoms with Crippen LogP contribution in [0.4, 0.5) is 0 Å². The standard InChI is InChI=1S/C29H31N3O5S/c1-3-35-28(34)26-19(2)31-29-32(21(18-38-29)16-25(33)30-17-24-13-8-14-36-24)27(26)20-9-7-12-23(15-20)37-22-10-5-4-6-11-22/h4-7,9-12,15,18,24,27H,3,8,13-14,16-17H2,1-2H3,(H,30,33). The van der Waals surface area contributed by atoms with Gasteiger partial charge in [-0.2, -0.15) is 0 Å². The van der Waals surface area contributed by atoms with Gasteiger partial charge in [-0.1, -0.05) is 42.1 Å². The number of para-hydroxylation sites is 1. The normalized spacial score (nSPS) is 20.5. The third-order valence-corrected chi connectivity index (χ3v) is 7.43. The van der Waals surface area contributed by atoms with Gasteiger partial charge in [0.05, 0.1) is 36.4 Å². The molecule has 2 aromatic rings. The zero-order chi connectivity index (χ0) is 26.5. The van der Waals surface area contributed by atoms with Crippen molar-refractivity contribution in [2.45, 2.75) is 45.3 Å². The number of rotatable bonds is 9. The second-order valence-electron chi connectivity index (χ2n) is 9.22. The Hall–Kier alpha value is -3.56. The summed E-state index contributed by atoms with van der Waals surface area (Å²) in [6.45, 7) is 5.09. The smallest absolute Gasteiger partial charge is 0.338 e. The Bertz CT molecular complexity index is 1280. The molecule has 1 saturated heterocycles. The number of ether oxygens (including phenoxy) is 3. The van der Waals surface area contributed by atoms with Crippen LogP contribution in [0.3, 0.4) is 0 Å². The highest BCUT2D eigenvalue weighted by Gasteiger charge is 2.41. The first kappa shape index (κ1) is 26.1. The van der Waals surface area contributed by atoms with E-state index in [0.29, 0.717) is 29.3 Å². The minimum absolute atomic E-state index is 0.0686. The van der Waals surface area contributed by atoms with E-state index in [1.165, 1.54) is 11.8 Å². The lowest BCUT2D eigenvalue weighted by molar-refractivity contribution is -0.139. The second-order valence-corrected chi connectivity index (χ2v) is 10.1. The number of aliphatic imine (C=N–C) groups is 1. The van der Waals surface area contributed by atoms with Crippen molar-refractivity contribution in [2.24, 2.45) is 4.99 Å². The summed E-state index contributed by atoms with van der Waals surface area (Å²) in [5.41, 5.74) is 2.65. The second kappa shape index (κ2) is 11.9. The monoisotopic (exact) mass is 533 g/mol. The number of amidine groups is 1. The van der Waals surface area contributed by atoms with Crippen molar-refractivity contribution in [1.82, 2.24) is 10.2 Å². The van der Waals surface area contributed by atoms with Crippen molar-refractivity contribution in [3.63, 3.8) is 0 Å². The van der Waals surface area contributed by atoms with Gasteiger partial charge < -0.3 is 24.4 Å². The molecular formula is C29H31N3O5S. The van der Waals surface area contributed by atoms with Crippen LogP contribution in [0.2, 0.25) is 0 Å². The molecule has 3 aliphatic rings. The summed E-state index contributed by atoms with van der Waals surface area (Å²) in [4.78, 5) is 32.8. The zero-order valence-corrected chi connectivity index (χ0v) is 22.3. The summed E-state index contributed by atoms with van der Waals surface area (Å²) in [7, 11) is 0. The summed E-state index contributed by atoms with van der Waals surface area (Å²) >= 11 is 1.45. The van der Waals surface area contributed by atoms with Gasteiger partial charge in [-0.25, -0.2) is 9.79 Å². The van der Waals surface area contributed by atoms with Crippen LogP contribution >= 0.6 is 11.8 Å². The summed E-state index contributed by atoms with van der Waals surface area (Å²) in [5.74, 6) is 0.835. The number of benzene rings is 2. The van der Waals surface area contributed by atoms with Gasteiger partial charge in [-0.3, -0.25) is 4.79 Å². The average molecular weight is 534 g/mol. The van der Waals surface area contributed by atoms with Crippen LogP contribution in [0.25, 0.3) is 0 Å². The van der Waals surface area contributed by atoms with Crippen LogP contribution < -0.4 is 10.1 Å². The van der Waals surface area contributed by atoms with E-state index in [2.05, 4.69) is 5.32 Å². The number of thioether (sulfide) groups is 1. The zero-order valence-electron chi connectivity index (χ0n) is 21.5. The summed E-state index contributed by atoms with van der Waals surface area (Å²) in [6.07, 6.45) is 2.20. The highest BCUT2D eigenvalue weighted by molar-refractivity contribution is 8.16. The molecule has 198 valence electrons. The van der Waals surface area contributed by atoms with Gasteiger partial charge in [0.2, 0.25) is 5.91 Å². The first-order chi connectivity index (χ1) is 18.5. The fraction of sp³-hybridized carbons (Fsp3) is 0.345. The van der Waals surface area contributed by atoms with Crippen molar-refractivity contribution < 1.29 is 23.8 Å². The molecule has 3 aliphatic heterocycles. The molecule has 5 rings (SSSR count). The van der Waals surface area contributed by atoms with E-state index in [9.17, 15) is 9.59 Å². The van der Waals surface area contributed by atoms with E-state index in [1.54, 1.807) is 6.92 Å². The SMILES string of the molecule is CCOC(=O)C1=C(C)N=C2SC=C(CC(=O)NCC3CCCO3)N2C1c1cccc(Oc2ccccc2)c1. The Morgan fingerprint density at radius 2 is 1.97 bits per heavy atom. The predicted octanol–water partition coefficient (Wildman–Crippen LogP) is 5.30. The number of nitrogens with one attached hydrogen (secondary N) is 1. The fourth-order valence-electron chi connectivity index (χ4n) is 4.79. The van der Waals surface area contributed by atoms with Crippen molar-refractivity contribution >= 4 is 28.8 Å². The molecule has 9 heteroatoms. The Labute approximate surface area is 226 Å². The van der Waals surface area contributed by atoms with Crippen LogP contribution in [0.5, 0.6) is 11.5 Å². The minimum Gasteiger partial charge on any atom is -0.463 e. The molecule has 0 bridgehead atoms. The van der Waals surface area contributed by atoms with Gasteiger partial charge in [-0.15, -0.1) is 0 Å². The van der Waals surface area contributed by atoms with Gasteiger partial charge in [0, 0.05) is 18.8 Å². The third kappa shape index (κ3) is 5.79. The number of hydrogen-bond acceptors (Lipinski definition) is 8. The minimum atomic E-state index is -0.520. The molecule has 0 spiro atoms. The number of amides is 1. The number of allylic oxidation sites excluding steroid dienone is 1. The predicted molar refractivity (Wildman–Crippen MR) is 147 cm³/mol. The van der Waals surface area contributed by atoms with Crippen LogP contribution in [-0.2, 0) is 19.1 Å². The average Bonchev–Trinajstić information content (AvgIpc) is 3.58. The maximum Gasteiger partial charge on any atom is 0.338 e. The molecule has 1 fully saturated rings. The number of esters is 1. The maximum absolute atomic E-state index is 13.2. The molecular weight excluding hydrogens is 502 g/mol. The summed E-state index contributed by atoms with van der Waals surface area (Å²) in [6, 6.07) is 16.7. The molecule has 8 nitrogen and oxygen atoms in total. The quantitative estimate of drug-likeness (QED) is 0.438. The molecule has 38 heavy (non-hydrogen) atoms. The highest BCUT2D eigenvalue weighted by Crippen LogP contribution is 2.45. The fourth-order valence-corrected chi connectivity index (χ4v) is 5.75. The molecule has 1 amide bonds. The van der Waals surface area contributed by atoms with E-state index in [1.807, 2.05) is 71.8 Å². The van der Waals surface area contributed by atoms with E-state index in [-0.39, 0.29) is 25.0 Å². The van der Waals surface area contributed by atoms with Crippen molar-refractivity contribution in [1.29, 1.82) is 0 Å². The molecule has 2 unspecified atom stereocenters. The molecule has 0 aliphatic carbocycles. The van der Waals surface area contributed by atoms with Gasteiger partial charge in [0.15, 0.2) is 5.17 Å². The summed E-state index contributed by atoms with van der Waals surface area (Å²) in [5, 5.41) is 5.65. The van der Waals surface area contributed by atoms with Gasteiger partial charge in [-0.05, 0) is 61.9 Å². The number of fused-ring (bicyclic) bond motifs is 1. The van der Waals surface area contributed by atoms with Crippen LogP contribution in [0, 0.1) is 0 Å². The largest absolute Gasteiger partial charge is 0.463 e. The highest BCUT2D eigenvalue weighted by atomic mass is 32.2. The lowest BCUT2D eigenvalue weighted by Gasteiger charge is -2.36. The summed E-state index contributed by atoms with van der Waals surface area (Å²) < 4.78 is 17.2. The Kier molecular flexibility index (Phi) is 8.14. The number of hydrogen-bond donors (Lipinski definition) is 1. The maximum atomic E-state index is 13.2. The van der Waals surface area contributed by atoms with Gasteiger partial charge >= 0.3 is 5.97 Å². The lowest BCUT2D eigenvalue weighted by atomic mass is 9.93. The van der Waals surface area contributed by atoms with Crippen molar-refractivity contribution in [2.75, 3.05) is 19.8 Å². The molecule has 0 aromatic heterocycles.